The van der Waals surface area contributed by atoms with Crippen molar-refractivity contribution in [3.8, 4) is 11.4 Å². The van der Waals surface area contributed by atoms with E-state index in [2.05, 4.69) is 4.98 Å². The van der Waals surface area contributed by atoms with Crippen LogP contribution in [-0.4, -0.2) is 14.7 Å². The highest BCUT2D eigenvalue weighted by Crippen LogP contribution is 2.12. The van der Waals surface area contributed by atoms with Crippen LogP contribution in [-0.2, 0) is 6.54 Å². The minimum Gasteiger partial charge on any atom is -0.508 e. The zero-order chi connectivity index (χ0) is 11.5. The van der Waals surface area contributed by atoms with Gasteiger partial charge in [-0.3, -0.25) is 4.79 Å². The third-order valence-corrected chi connectivity index (χ3v) is 2.24. The highest BCUT2D eigenvalue weighted by molar-refractivity contribution is 5.36. The van der Waals surface area contributed by atoms with Gasteiger partial charge in [-0.2, -0.15) is 4.98 Å². The van der Waals surface area contributed by atoms with Crippen LogP contribution in [0.2, 0.25) is 0 Å². The minimum absolute atomic E-state index is 0.157. The summed E-state index contributed by atoms with van der Waals surface area (Å²) in [7, 11) is 0. The maximum Gasteiger partial charge on any atom is 0.277 e. The van der Waals surface area contributed by atoms with Gasteiger partial charge in [-0.05, 0) is 24.3 Å². The predicted octanol–water partition coefficient (Wildman–Crippen LogP) is 0.397. The van der Waals surface area contributed by atoms with Crippen molar-refractivity contribution >= 4 is 0 Å². The van der Waals surface area contributed by atoms with Gasteiger partial charge in [0.05, 0.1) is 0 Å². The molecule has 0 aliphatic rings. The van der Waals surface area contributed by atoms with Crippen LogP contribution in [0, 0.1) is 0 Å². The molecular formula is C11H11N3O2. The lowest BCUT2D eigenvalue weighted by atomic mass is 10.3. The molecule has 0 saturated heterocycles. The molecule has 0 bridgehead atoms. The number of phenols is 1. The summed E-state index contributed by atoms with van der Waals surface area (Å²) >= 11 is 0. The molecule has 0 fully saturated rings. The van der Waals surface area contributed by atoms with Gasteiger partial charge in [-0.1, -0.05) is 0 Å². The van der Waals surface area contributed by atoms with Gasteiger partial charge in [0.25, 0.3) is 5.56 Å². The summed E-state index contributed by atoms with van der Waals surface area (Å²) in [5.41, 5.74) is 6.38. The Balaban J connectivity index is 2.48. The zero-order valence-corrected chi connectivity index (χ0v) is 8.50. The normalized spacial score (nSPS) is 10.3. The summed E-state index contributed by atoms with van der Waals surface area (Å²) in [6.07, 6.45) is 3.07. The number of aromatic nitrogens is 2. The molecule has 1 heterocycles. The summed E-state index contributed by atoms with van der Waals surface area (Å²) in [5.74, 6) is 0.191. The molecule has 5 heteroatoms. The van der Waals surface area contributed by atoms with Gasteiger partial charge in [0.2, 0.25) is 0 Å². The highest BCUT2D eigenvalue weighted by atomic mass is 16.3. The molecule has 0 radical (unpaired) electrons. The Labute approximate surface area is 91.8 Å². The standard InChI is InChI=1S/C11H11N3O2/c12-5-8-6-14(7-13-11(8)16)9-1-3-10(15)4-2-9/h1-4,6-7,15H,5,12H2. The Kier molecular flexibility index (Phi) is 2.70. The van der Waals surface area contributed by atoms with Crippen molar-refractivity contribution in [2.75, 3.05) is 0 Å². The van der Waals surface area contributed by atoms with E-state index in [1.54, 1.807) is 35.0 Å². The molecular weight excluding hydrogens is 206 g/mol. The molecule has 1 aromatic heterocycles. The molecule has 0 amide bonds. The van der Waals surface area contributed by atoms with E-state index >= 15 is 0 Å². The van der Waals surface area contributed by atoms with E-state index in [0.717, 1.165) is 5.69 Å². The van der Waals surface area contributed by atoms with Crippen LogP contribution < -0.4 is 11.3 Å². The van der Waals surface area contributed by atoms with E-state index in [1.807, 2.05) is 0 Å². The molecule has 0 aliphatic heterocycles. The van der Waals surface area contributed by atoms with Gasteiger partial charge in [0, 0.05) is 24.0 Å². The number of rotatable bonds is 2. The predicted molar refractivity (Wildman–Crippen MR) is 59.4 cm³/mol. The monoisotopic (exact) mass is 217 g/mol. The number of nitrogens with two attached hydrogens (primary N) is 1. The molecule has 2 aromatic rings. The second-order valence-electron chi connectivity index (χ2n) is 3.33. The molecule has 0 saturated carbocycles. The third-order valence-electron chi connectivity index (χ3n) is 2.24. The van der Waals surface area contributed by atoms with Gasteiger partial charge >= 0.3 is 0 Å². The minimum atomic E-state index is -0.308. The summed E-state index contributed by atoms with van der Waals surface area (Å²) < 4.78 is 1.68. The molecule has 5 nitrogen and oxygen atoms in total. The number of phenolic OH excluding ortho intramolecular Hbond substituents is 1. The first-order valence-corrected chi connectivity index (χ1v) is 4.77. The lowest BCUT2D eigenvalue weighted by Crippen LogP contribution is -2.18. The maximum atomic E-state index is 11.2. The van der Waals surface area contributed by atoms with Crippen molar-refractivity contribution in [1.82, 2.24) is 9.55 Å². The summed E-state index contributed by atoms with van der Waals surface area (Å²) in [6, 6.07) is 6.58. The average molecular weight is 217 g/mol. The van der Waals surface area contributed by atoms with Gasteiger partial charge in [-0.25, -0.2) is 0 Å². The molecule has 0 spiro atoms. The maximum absolute atomic E-state index is 11.2. The Morgan fingerprint density at radius 3 is 2.62 bits per heavy atom. The third kappa shape index (κ3) is 1.94. The van der Waals surface area contributed by atoms with Crippen molar-refractivity contribution in [3.63, 3.8) is 0 Å². The topological polar surface area (TPSA) is 81.1 Å². The van der Waals surface area contributed by atoms with Crippen LogP contribution in [0.4, 0.5) is 0 Å². The summed E-state index contributed by atoms with van der Waals surface area (Å²) in [5, 5.41) is 9.15. The summed E-state index contributed by atoms with van der Waals surface area (Å²) in [4.78, 5) is 15.0. The molecule has 0 atom stereocenters. The number of benzene rings is 1. The van der Waals surface area contributed by atoms with E-state index in [9.17, 15) is 4.79 Å². The quantitative estimate of drug-likeness (QED) is 0.762. The van der Waals surface area contributed by atoms with Crippen LogP contribution >= 0.6 is 0 Å². The number of nitrogens with zero attached hydrogens (tertiary/aromatic N) is 2. The molecule has 3 N–H and O–H groups in total. The number of hydrogen-bond acceptors (Lipinski definition) is 4. The fraction of sp³-hybridized carbons (Fsp3) is 0.0909. The van der Waals surface area contributed by atoms with Gasteiger partial charge < -0.3 is 15.4 Å². The first-order valence-electron chi connectivity index (χ1n) is 4.77. The van der Waals surface area contributed by atoms with Gasteiger partial charge in [-0.15, -0.1) is 0 Å². The average Bonchev–Trinajstić information content (AvgIpc) is 2.31. The smallest absolute Gasteiger partial charge is 0.277 e. The van der Waals surface area contributed by atoms with E-state index in [0.29, 0.717) is 5.56 Å². The molecule has 0 aliphatic carbocycles. The van der Waals surface area contributed by atoms with Gasteiger partial charge in [0.15, 0.2) is 0 Å². The van der Waals surface area contributed by atoms with E-state index in [4.69, 9.17) is 10.8 Å². The fourth-order valence-corrected chi connectivity index (χ4v) is 1.36. The van der Waals surface area contributed by atoms with Crippen molar-refractivity contribution in [1.29, 1.82) is 0 Å². The Morgan fingerprint density at radius 1 is 1.31 bits per heavy atom. The number of aromatic hydroxyl groups is 1. The molecule has 16 heavy (non-hydrogen) atoms. The van der Waals surface area contributed by atoms with Crippen LogP contribution in [0.15, 0.2) is 41.6 Å². The van der Waals surface area contributed by atoms with Crippen molar-refractivity contribution in [2.24, 2.45) is 5.73 Å². The Hall–Kier alpha value is -2.14. The highest BCUT2D eigenvalue weighted by Gasteiger charge is 2.01. The first kappa shape index (κ1) is 10.4. The van der Waals surface area contributed by atoms with E-state index < -0.39 is 0 Å². The lowest BCUT2D eigenvalue weighted by Gasteiger charge is -2.06. The van der Waals surface area contributed by atoms with Gasteiger partial charge in [0.1, 0.15) is 12.1 Å². The van der Waals surface area contributed by atoms with Crippen molar-refractivity contribution < 1.29 is 5.11 Å². The SMILES string of the molecule is NCc1cn(-c2ccc(O)cc2)cnc1=O. The van der Waals surface area contributed by atoms with Crippen molar-refractivity contribution in [2.45, 2.75) is 6.54 Å². The second-order valence-corrected chi connectivity index (χ2v) is 3.33. The molecule has 82 valence electrons. The Morgan fingerprint density at radius 2 is 2.00 bits per heavy atom. The van der Waals surface area contributed by atoms with E-state index in [-0.39, 0.29) is 17.9 Å². The van der Waals surface area contributed by atoms with E-state index in [1.165, 1.54) is 6.33 Å². The summed E-state index contributed by atoms with van der Waals surface area (Å²) in [6.45, 7) is 0.157. The molecule has 0 unspecified atom stereocenters. The first-order chi connectivity index (χ1) is 7.70. The lowest BCUT2D eigenvalue weighted by molar-refractivity contribution is 0.475. The molecule has 2 rings (SSSR count). The van der Waals surface area contributed by atoms with Crippen LogP contribution in [0.3, 0.4) is 0 Å². The molecule has 1 aromatic carbocycles. The Bertz CT molecular complexity index is 546. The second kappa shape index (κ2) is 4.16. The number of hydrogen-bond donors (Lipinski definition) is 2. The zero-order valence-electron chi connectivity index (χ0n) is 8.50. The fourth-order valence-electron chi connectivity index (χ4n) is 1.36. The van der Waals surface area contributed by atoms with Crippen LogP contribution in [0.25, 0.3) is 5.69 Å². The van der Waals surface area contributed by atoms with Crippen LogP contribution in [0.5, 0.6) is 5.75 Å². The van der Waals surface area contributed by atoms with Crippen molar-refractivity contribution in [3.05, 3.63) is 52.7 Å². The largest absolute Gasteiger partial charge is 0.508 e. The van der Waals surface area contributed by atoms with Crippen LogP contribution in [0.1, 0.15) is 5.56 Å².